The van der Waals surface area contributed by atoms with Gasteiger partial charge in [-0.1, -0.05) is 6.92 Å². The summed E-state index contributed by atoms with van der Waals surface area (Å²) >= 11 is 6.22. The van der Waals surface area contributed by atoms with Crippen molar-refractivity contribution >= 4 is 11.6 Å². The zero-order valence-corrected chi connectivity index (χ0v) is 10.3. The quantitative estimate of drug-likeness (QED) is 0.710. The molecule has 0 amide bonds. The van der Waals surface area contributed by atoms with Crippen molar-refractivity contribution in [2.24, 2.45) is 0 Å². The van der Waals surface area contributed by atoms with Gasteiger partial charge in [-0.05, 0) is 26.7 Å². The van der Waals surface area contributed by atoms with Crippen LogP contribution >= 0.6 is 11.6 Å². The first-order valence-electron chi connectivity index (χ1n) is 5.35. The molecule has 4 heteroatoms. The lowest BCUT2D eigenvalue weighted by molar-refractivity contribution is 0.431. The van der Waals surface area contributed by atoms with Gasteiger partial charge in [0.2, 0.25) is 0 Å². The summed E-state index contributed by atoms with van der Waals surface area (Å²) in [7, 11) is 0. The molecule has 1 rings (SSSR count). The topological polar surface area (TPSA) is 17.8 Å². The lowest BCUT2D eigenvalue weighted by Gasteiger charge is -2.07. The van der Waals surface area contributed by atoms with E-state index in [-0.39, 0.29) is 12.1 Å². The van der Waals surface area contributed by atoms with Crippen LogP contribution in [0.1, 0.15) is 42.1 Å². The highest BCUT2D eigenvalue weighted by Crippen LogP contribution is 2.29. The summed E-state index contributed by atoms with van der Waals surface area (Å²) in [6, 6.07) is 0. The van der Waals surface area contributed by atoms with Gasteiger partial charge in [-0.3, -0.25) is 9.07 Å². The van der Waals surface area contributed by atoms with Crippen molar-refractivity contribution < 1.29 is 4.39 Å². The second-order valence-electron chi connectivity index (χ2n) is 3.73. The second-order valence-corrected chi connectivity index (χ2v) is 4.25. The molecular weight excluding hydrogens is 215 g/mol. The van der Waals surface area contributed by atoms with E-state index in [1.807, 2.05) is 18.5 Å². The first-order chi connectivity index (χ1) is 7.11. The summed E-state index contributed by atoms with van der Waals surface area (Å²) in [6.07, 6.45) is 1.40. The van der Waals surface area contributed by atoms with Crippen LogP contribution in [0.5, 0.6) is 0 Å². The Hall–Kier alpha value is -0.570. The van der Waals surface area contributed by atoms with Crippen LogP contribution in [0.15, 0.2) is 0 Å². The zero-order chi connectivity index (χ0) is 11.4. The van der Waals surface area contributed by atoms with Gasteiger partial charge >= 0.3 is 0 Å². The predicted octanol–water partition coefficient (Wildman–Crippen LogP) is 3.55. The highest BCUT2D eigenvalue weighted by Gasteiger charge is 2.17. The minimum absolute atomic E-state index is 0.0177. The molecule has 1 unspecified atom stereocenters. The Morgan fingerprint density at radius 3 is 2.67 bits per heavy atom. The van der Waals surface area contributed by atoms with Crippen molar-refractivity contribution in [2.75, 3.05) is 6.67 Å². The van der Waals surface area contributed by atoms with Gasteiger partial charge in [-0.25, -0.2) is 0 Å². The number of rotatable bonds is 5. The molecule has 0 saturated heterocycles. The van der Waals surface area contributed by atoms with Gasteiger partial charge < -0.3 is 0 Å². The van der Waals surface area contributed by atoms with Crippen LogP contribution in [0.25, 0.3) is 0 Å². The van der Waals surface area contributed by atoms with Crippen molar-refractivity contribution in [3.63, 3.8) is 0 Å². The third kappa shape index (κ3) is 2.71. The minimum atomic E-state index is -0.300. The third-order valence-electron chi connectivity index (χ3n) is 2.61. The Labute approximate surface area is 95.4 Å². The lowest BCUT2D eigenvalue weighted by atomic mass is 10.1. The van der Waals surface area contributed by atoms with Crippen LogP contribution in [0.4, 0.5) is 4.39 Å². The Morgan fingerprint density at radius 2 is 2.13 bits per heavy atom. The van der Waals surface area contributed by atoms with Gasteiger partial charge in [-0.2, -0.15) is 5.10 Å². The lowest BCUT2D eigenvalue weighted by Crippen LogP contribution is -2.03. The smallest absolute Gasteiger partial charge is 0.0912 e. The maximum atomic E-state index is 12.1. The largest absolute Gasteiger partial charge is 0.269 e. The molecule has 15 heavy (non-hydrogen) atoms. The van der Waals surface area contributed by atoms with Crippen LogP contribution in [0, 0.1) is 13.8 Å². The van der Waals surface area contributed by atoms with Crippen molar-refractivity contribution in [1.82, 2.24) is 9.78 Å². The Morgan fingerprint density at radius 1 is 1.47 bits per heavy atom. The molecule has 0 radical (unpaired) electrons. The van der Waals surface area contributed by atoms with Crippen LogP contribution in [-0.4, -0.2) is 16.5 Å². The number of alkyl halides is 2. The van der Waals surface area contributed by atoms with E-state index >= 15 is 0 Å². The molecular formula is C11H18ClFN2. The van der Waals surface area contributed by atoms with E-state index in [2.05, 4.69) is 12.0 Å². The molecule has 0 spiro atoms. The van der Waals surface area contributed by atoms with Crippen LogP contribution in [-0.2, 0) is 6.54 Å². The van der Waals surface area contributed by atoms with E-state index in [1.165, 1.54) is 0 Å². The maximum Gasteiger partial charge on any atom is 0.0912 e. The molecule has 0 aliphatic rings. The van der Waals surface area contributed by atoms with E-state index in [0.717, 1.165) is 23.4 Å². The number of hydrogen-bond donors (Lipinski definition) is 0. The summed E-state index contributed by atoms with van der Waals surface area (Å²) in [5.74, 6) is 0. The number of nitrogens with zero attached hydrogens (tertiary/aromatic N) is 2. The van der Waals surface area contributed by atoms with E-state index in [4.69, 9.17) is 11.6 Å². The van der Waals surface area contributed by atoms with Gasteiger partial charge in [-0.15, -0.1) is 11.6 Å². The molecule has 0 fully saturated rings. The standard InChI is InChI=1S/C11H18ClFN2/c1-4-10(12)11-8(2)14-15(9(11)3)7-5-6-13/h10H,4-7H2,1-3H3. The average Bonchev–Trinajstić information content (AvgIpc) is 2.50. The molecule has 0 aliphatic carbocycles. The summed E-state index contributed by atoms with van der Waals surface area (Å²) in [5.41, 5.74) is 3.15. The Kier molecular flexibility index (Phi) is 4.58. The highest BCUT2D eigenvalue weighted by atomic mass is 35.5. The number of aryl methyl sites for hydroxylation is 2. The minimum Gasteiger partial charge on any atom is -0.269 e. The highest BCUT2D eigenvalue weighted by molar-refractivity contribution is 6.20. The average molecular weight is 233 g/mol. The predicted molar refractivity (Wildman–Crippen MR) is 61.2 cm³/mol. The van der Waals surface area contributed by atoms with Gasteiger partial charge in [0.25, 0.3) is 0 Å². The van der Waals surface area contributed by atoms with E-state index in [1.54, 1.807) is 0 Å². The molecule has 0 aromatic carbocycles. The molecule has 2 nitrogen and oxygen atoms in total. The molecule has 1 aromatic heterocycles. The Bertz CT molecular complexity index is 323. The van der Waals surface area contributed by atoms with Gasteiger partial charge in [0.05, 0.1) is 17.7 Å². The van der Waals surface area contributed by atoms with E-state index in [9.17, 15) is 4.39 Å². The van der Waals surface area contributed by atoms with Crippen molar-refractivity contribution in [1.29, 1.82) is 0 Å². The SMILES string of the molecule is CCC(Cl)c1c(C)nn(CCCF)c1C. The van der Waals surface area contributed by atoms with Gasteiger partial charge in [0, 0.05) is 17.8 Å². The summed E-state index contributed by atoms with van der Waals surface area (Å²) in [5, 5.41) is 4.40. The van der Waals surface area contributed by atoms with Gasteiger partial charge in [0.1, 0.15) is 0 Å². The fourth-order valence-corrected chi connectivity index (χ4v) is 2.11. The summed E-state index contributed by atoms with van der Waals surface area (Å²) in [6.45, 7) is 6.34. The second kappa shape index (κ2) is 5.50. The maximum absolute atomic E-state index is 12.1. The Balaban J connectivity index is 2.93. The van der Waals surface area contributed by atoms with E-state index < -0.39 is 0 Å². The monoisotopic (exact) mass is 232 g/mol. The normalized spacial score (nSPS) is 13.1. The van der Waals surface area contributed by atoms with Crippen molar-refractivity contribution in [3.8, 4) is 0 Å². The van der Waals surface area contributed by atoms with Gasteiger partial charge in [0.15, 0.2) is 0 Å². The van der Waals surface area contributed by atoms with Crippen LogP contribution in [0.2, 0.25) is 0 Å². The zero-order valence-electron chi connectivity index (χ0n) is 9.56. The fraction of sp³-hybridized carbons (Fsp3) is 0.727. The first kappa shape index (κ1) is 12.5. The van der Waals surface area contributed by atoms with Crippen LogP contribution < -0.4 is 0 Å². The molecule has 1 aromatic rings. The molecule has 86 valence electrons. The fourth-order valence-electron chi connectivity index (χ4n) is 1.80. The number of halogens is 2. The molecule has 0 bridgehead atoms. The summed E-state index contributed by atoms with van der Waals surface area (Å²) < 4.78 is 13.9. The summed E-state index contributed by atoms with van der Waals surface area (Å²) in [4.78, 5) is 0. The van der Waals surface area contributed by atoms with Crippen molar-refractivity contribution in [2.45, 2.75) is 45.5 Å². The molecule has 0 saturated carbocycles. The van der Waals surface area contributed by atoms with Crippen molar-refractivity contribution in [3.05, 3.63) is 17.0 Å². The molecule has 1 atom stereocenters. The molecule has 0 N–H and O–H groups in total. The molecule has 1 heterocycles. The third-order valence-corrected chi connectivity index (χ3v) is 3.14. The number of aromatic nitrogens is 2. The number of hydrogen-bond acceptors (Lipinski definition) is 1. The first-order valence-corrected chi connectivity index (χ1v) is 5.79. The van der Waals surface area contributed by atoms with E-state index in [0.29, 0.717) is 13.0 Å². The van der Waals surface area contributed by atoms with Crippen LogP contribution in [0.3, 0.4) is 0 Å². The molecule has 0 aliphatic heterocycles.